The van der Waals surface area contributed by atoms with Gasteiger partial charge in [0.1, 0.15) is 6.10 Å². The van der Waals surface area contributed by atoms with Gasteiger partial charge in [0.15, 0.2) is 11.6 Å². The van der Waals surface area contributed by atoms with Crippen LogP contribution in [0.15, 0.2) is 30.7 Å². The van der Waals surface area contributed by atoms with Crippen molar-refractivity contribution in [3.8, 4) is 5.75 Å². The Labute approximate surface area is 147 Å². The predicted octanol–water partition coefficient (Wildman–Crippen LogP) is 1.24. The lowest BCUT2D eigenvalue weighted by atomic mass is 10.3. The van der Waals surface area contributed by atoms with Gasteiger partial charge in [-0.1, -0.05) is 0 Å². The maximum Gasteiger partial charge on any atom is 0.317 e. The van der Waals surface area contributed by atoms with Crippen molar-refractivity contribution in [3.63, 3.8) is 0 Å². The Kier molecular flexibility index (Phi) is 5.06. The molecule has 3 rings (SSSR count). The third kappa shape index (κ3) is 4.20. The molecule has 134 valence electrons. The van der Waals surface area contributed by atoms with Crippen LogP contribution in [-0.4, -0.2) is 59.0 Å². The molecule has 1 saturated heterocycles. The first-order valence-electron chi connectivity index (χ1n) is 8.32. The van der Waals surface area contributed by atoms with Gasteiger partial charge in [-0.2, -0.15) is 5.10 Å². The molecule has 2 aromatic heterocycles. The lowest BCUT2D eigenvalue weighted by Gasteiger charge is -2.20. The van der Waals surface area contributed by atoms with Crippen LogP contribution in [0.4, 0.5) is 10.6 Å². The monoisotopic (exact) mass is 344 g/mol. The summed E-state index contributed by atoms with van der Waals surface area (Å²) >= 11 is 0. The SMILES string of the molecule is CN(C)c1ncccc1O[C@@H]1CCN(C(=O)NCc2cnn(C)c2)C1. The summed E-state index contributed by atoms with van der Waals surface area (Å²) in [6.45, 7) is 1.73. The lowest BCUT2D eigenvalue weighted by molar-refractivity contribution is 0.186. The van der Waals surface area contributed by atoms with E-state index in [-0.39, 0.29) is 12.1 Å². The van der Waals surface area contributed by atoms with Crippen LogP contribution in [0.2, 0.25) is 0 Å². The molecule has 1 fully saturated rings. The maximum atomic E-state index is 12.3. The molecular weight excluding hydrogens is 320 g/mol. The minimum absolute atomic E-state index is 0.0213. The molecule has 1 atom stereocenters. The second kappa shape index (κ2) is 7.42. The Bertz CT molecular complexity index is 729. The zero-order valence-corrected chi connectivity index (χ0v) is 14.8. The minimum Gasteiger partial charge on any atom is -0.485 e. The van der Waals surface area contributed by atoms with E-state index < -0.39 is 0 Å². The zero-order chi connectivity index (χ0) is 17.8. The number of hydrogen-bond acceptors (Lipinski definition) is 5. The summed E-state index contributed by atoms with van der Waals surface area (Å²) in [5, 5.41) is 7.02. The molecule has 25 heavy (non-hydrogen) atoms. The average Bonchev–Trinajstić information content (AvgIpc) is 3.22. The second-order valence-electron chi connectivity index (χ2n) is 6.38. The van der Waals surface area contributed by atoms with E-state index >= 15 is 0 Å². The van der Waals surface area contributed by atoms with Crippen molar-refractivity contribution < 1.29 is 9.53 Å². The Morgan fingerprint density at radius 3 is 3.04 bits per heavy atom. The molecule has 0 saturated carbocycles. The highest BCUT2D eigenvalue weighted by atomic mass is 16.5. The number of amides is 2. The fourth-order valence-electron chi connectivity index (χ4n) is 2.85. The summed E-state index contributed by atoms with van der Waals surface area (Å²) in [7, 11) is 5.72. The smallest absolute Gasteiger partial charge is 0.317 e. The summed E-state index contributed by atoms with van der Waals surface area (Å²) < 4.78 is 7.79. The van der Waals surface area contributed by atoms with Crippen LogP contribution in [0.3, 0.4) is 0 Å². The van der Waals surface area contributed by atoms with Crippen molar-refractivity contribution in [2.45, 2.75) is 19.1 Å². The van der Waals surface area contributed by atoms with E-state index in [1.807, 2.05) is 44.4 Å². The molecule has 0 spiro atoms. The molecule has 2 aromatic rings. The average molecular weight is 344 g/mol. The molecule has 1 N–H and O–H groups in total. The van der Waals surface area contributed by atoms with Crippen LogP contribution in [0, 0.1) is 0 Å². The largest absolute Gasteiger partial charge is 0.485 e. The highest BCUT2D eigenvalue weighted by Gasteiger charge is 2.28. The van der Waals surface area contributed by atoms with Gasteiger partial charge >= 0.3 is 6.03 Å². The highest BCUT2D eigenvalue weighted by Crippen LogP contribution is 2.26. The van der Waals surface area contributed by atoms with E-state index in [2.05, 4.69) is 15.4 Å². The Morgan fingerprint density at radius 2 is 2.32 bits per heavy atom. The van der Waals surface area contributed by atoms with Crippen molar-refractivity contribution in [1.29, 1.82) is 0 Å². The first-order valence-corrected chi connectivity index (χ1v) is 8.32. The molecule has 0 aromatic carbocycles. The first-order chi connectivity index (χ1) is 12.0. The van der Waals surface area contributed by atoms with Crippen LogP contribution in [0.5, 0.6) is 5.75 Å². The molecule has 2 amide bonds. The van der Waals surface area contributed by atoms with Gasteiger partial charge in [0.25, 0.3) is 0 Å². The number of aromatic nitrogens is 3. The first kappa shape index (κ1) is 17.1. The Balaban J connectivity index is 1.52. The molecule has 0 radical (unpaired) electrons. The summed E-state index contributed by atoms with van der Waals surface area (Å²) in [6.07, 6.45) is 6.17. The van der Waals surface area contributed by atoms with Gasteiger partial charge in [-0.25, -0.2) is 9.78 Å². The van der Waals surface area contributed by atoms with Gasteiger partial charge in [0.2, 0.25) is 0 Å². The van der Waals surface area contributed by atoms with Crippen molar-refractivity contribution in [3.05, 3.63) is 36.3 Å². The van der Waals surface area contributed by atoms with E-state index in [1.54, 1.807) is 22.0 Å². The van der Waals surface area contributed by atoms with E-state index in [0.29, 0.717) is 19.6 Å². The van der Waals surface area contributed by atoms with Crippen molar-refractivity contribution in [2.24, 2.45) is 7.05 Å². The highest BCUT2D eigenvalue weighted by molar-refractivity contribution is 5.74. The number of rotatable bonds is 5. The van der Waals surface area contributed by atoms with Crippen molar-refractivity contribution in [1.82, 2.24) is 25.0 Å². The topological polar surface area (TPSA) is 75.5 Å². The fourth-order valence-corrected chi connectivity index (χ4v) is 2.85. The van der Waals surface area contributed by atoms with Gasteiger partial charge < -0.3 is 19.9 Å². The maximum absolute atomic E-state index is 12.3. The number of ether oxygens (including phenoxy) is 1. The van der Waals surface area contributed by atoms with Crippen LogP contribution in [-0.2, 0) is 13.6 Å². The second-order valence-corrected chi connectivity index (χ2v) is 6.38. The lowest BCUT2D eigenvalue weighted by Crippen LogP contribution is -2.39. The molecule has 0 bridgehead atoms. The number of carbonyl (C=O) groups excluding carboxylic acids is 1. The zero-order valence-electron chi connectivity index (χ0n) is 14.8. The molecule has 8 nitrogen and oxygen atoms in total. The molecular formula is C17H24N6O2. The van der Waals surface area contributed by atoms with Gasteiger partial charge in [0, 0.05) is 58.6 Å². The number of aryl methyl sites for hydroxylation is 1. The third-order valence-electron chi connectivity index (χ3n) is 4.10. The van der Waals surface area contributed by atoms with E-state index in [1.165, 1.54) is 0 Å². The van der Waals surface area contributed by atoms with E-state index in [0.717, 1.165) is 23.6 Å². The van der Waals surface area contributed by atoms with Gasteiger partial charge in [-0.05, 0) is 12.1 Å². The normalized spacial score (nSPS) is 16.8. The number of hydrogen-bond donors (Lipinski definition) is 1. The third-order valence-corrected chi connectivity index (χ3v) is 4.10. The number of likely N-dealkylation sites (tertiary alicyclic amines) is 1. The summed E-state index contributed by atoms with van der Waals surface area (Å²) in [4.78, 5) is 20.4. The molecule has 0 aliphatic carbocycles. The molecule has 1 aliphatic heterocycles. The van der Waals surface area contributed by atoms with Crippen molar-refractivity contribution in [2.75, 3.05) is 32.1 Å². The molecule has 0 unspecified atom stereocenters. The summed E-state index contributed by atoms with van der Waals surface area (Å²) in [5.74, 6) is 1.54. The number of urea groups is 1. The number of anilines is 1. The number of nitrogens with one attached hydrogen (secondary N) is 1. The molecule has 1 aliphatic rings. The Hall–Kier alpha value is -2.77. The summed E-state index contributed by atoms with van der Waals surface area (Å²) in [6, 6.07) is 3.69. The standard InChI is InChI=1S/C17H24N6O2/c1-21(2)16-15(5-4-7-18-16)25-14-6-8-23(12-14)17(24)19-9-13-10-20-22(3)11-13/h4-5,7,10-11,14H,6,8-9,12H2,1-3H3,(H,19,24)/t14-/m1/s1. The Morgan fingerprint density at radius 1 is 1.48 bits per heavy atom. The quantitative estimate of drug-likeness (QED) is 0.883. The van der Waals surface area contributed by atoms with Crippen LogP contribution >= 0.6 is 0 Å². The van der Waals surface area contributed by atoms with Crippen LogP contribution < -0.4 is 15.0 Å². The molecule has 8 heteroatoms. The van der Waals surface area contributed by atoms with Gasteiger partial charge in [0.05, 0.1) is 12.7 Å². The van der Waals surface area contributed by atoms with Crippen LogP contribution in [0.1, 0.15) is 12.0 Å². The summed E-state index contributed by atoms with van der Waals surface area (Å²) in [5.41, 5.74) is 0.980. The number of nitrogens with zero attached hydrogens (tertiary/aromatic N) is 5. The van der Waals surface area contributed by atoms with Gasteiger partial charge in [-0.15, -0.1) is 0 Å². The van der Waals surface area contributed by atoms with Crippen LogP contribution in [0.25, 0.3) is 0 Å². The predicted molar refractivity (Wildman–Crippen MR) is 94.6 cm³/mol. The fraction of sp³-hybridized carbons (Fsp3) is 0.471. The minimum atomic E-state index is -0.0750. The van der Waals surface area contributed by atoms with Crippen molar-refractivity contribution >= 4 is 11.8 Å². The van der Waals surface area contributed by atoms with Gasteiger partial charge in [-0.3, -0.25) is 4.68 Å². The number of carbonyl (C=O) groups is 1. The van der Waals surface area contributed by atoms with E-state index in [4.69, 9.17) is 4.74 Å². The van der Waals surface area contributed by atoms with E-state index in [9.17, 15) is 4.79 Å². The number of pyridine rings is 1. The molecule has 3 heterocycles.